The molecule has 0 radical (unpaired) electrons. The molecule has 0 bridgehead atoms. The zero-order valence-electron chi connectivity index (χ0n) is 10.9. The highest BCUT2D eigenvalue weighted by Crippen LogP contribution is 2.22. The highest BCUT2D eigenvalue weighted by atomic mass is 79.9. The minimum atomic E-state index is -0.0832. The fourth-order valence-electron chi connectivity index (χ4n) is 1.63. The molecule has 0 aliphatic rings. The molecule has 1 amide bonds. The summed E-state index contributed by atoms with van der Waals surface area (Å²) in [7, 11) is 1.60. The smallest absolute Gasteiger partial charge is 0.241 e. The van der Waals surface area contributed by atoms with E-state index in [-0.39, 0.29) is 12.5 Å². The van der Waals surface area contributed by atoms with Crippen LogP contribution in [0.2, 0.25) is 5.02 Å². The standard InChI is InChI=1S/C13H14BrClN4O/c1-16-13(20)8-19-7-11(6-18-19)17-5-9-2-3-10(15)4-12(9)14/h2-4,6-7,17H,5,8H2,1H3,(H,16,20). The van der Waals surface area contributed by atoms with Crippen LogP contribution in [0.1, 0.15) is 5.56 Å². The molecule has 2 N–H and O–H groups in total. The lowest BCUT2D eigenvalue weighted by Crippen LogP contribution is -2.23. The van der Waals surface area contributed by atoms with Crippen molar-refractivity contribution in [1.29, 1.82) is 0 Å². The summed E-state index contributed by atoms with van der Waals surface area (Å²) in [6.07, 6.45) is 3.48. The summed E-state index contributed by atoms with van der Waals surface area (Å²) in [5.74, 6) is -0.0832. The van der Waals surface area contributed by atoms with Crippen LogP contribution in [-0.4, -0.2) is 22.7 Å². The highest BCUT2D eigenvalue weighted by Gasteiger charge is 2.04. The molecular formula is C13H14BrClN4O. The lowest BCUT2D eigenvalue weighted by Gasteiger charge is -2.06. The Bertz CT molecular complexity index is 614. The van der Waals surface area contributed by atoms with Crippen molar-refractivity contribution in [2.45, 2.75) is 13.1 Å². The van der Waals surface area contributed by atoms with Crippen LogP contribution in [0.5, 0.6) is 0 Å². The van der Waals surface area contributed by atoms with Gasteiger partial charge in [-0.25, -0.2) is 0 Å². The van der Waals surface area contributed by atoms with E-state index in [0.717, 1.165) is 15.7 Å². The molecule has 1 aromatic carbocycles. The van der Waals surface area contributed by atoms with Crippen LogP contribution in [0.25, 0.3) is 0 Å². The first-order chi connectivity index (χ1) is 9.58. The van der Waals surface area contributed by atoms with Gasteiger partial charge in [0, 0.05) is 29.3 Å². The maximum atomic E-state index is 11.2. The lowest BCUT2D eigenvalue weighted by molar-refractivity contribution is -0.121. The molecule has 20 heavy (non-hydrogen) atoms. The molecule has 0 atom stereocenters. The zero-order chi connectivity index (χ0) is 14.5. The van der Waals surface area contributed by atoms with Gasteiger partial charge in [0.25, 0.3) is 0 Å². The molecular weight excluding hydrogens is 344 g/mol. The number of halogens is 2. The Hall–Kier alpha value is -1.53. The Morgan fingerprint density at radius 1 is 1.50 bits per heavy atom. The van der Waals surface area contributed by atoms with Crippen molar-refractivity contribution in [2.24, 2.45) is 0 Å². The van der Waals surface area contributed by atoms with Gasteiger partial charge < -0.3 is 10.6 Å². The SMILES string of the molecule is CNC(=O)Cn1cc(NCc2ccc(Cl)cc2Br)cn1. The van der Waals surface area contributed by atoms with Crippen LogP contribution in [0.15, 0.2) is 35.1 Å². The molecule has 0 aliphatic carbocycles. The molecule has 2 rings (SSSR count). The molecule has 1 heterocycles. The van der Waals surface area contributed by atoms with Gasteiger partial charge in [0.2, 0.25) is 5.91 Å². The molecule has 5 nitrogen and oxygen atoms in total. The van der Waals surface area contributed by atoms with Gasteiger partial charge in [0.05, 0.1) is 11.9 Å². The fourth-order valence-corrected chi connectivity index (χ4v) is 2.45. The summed E-state index contributed by atoms with van der Waals surface area (Å²) < 4.78 is 2.54. The van der Waals surface area contributed by atoms with E-state index in [1.165, 1.54) is 0 Å². The van der Waals surface area contributed by atoms with Crippen molar-refractivity contribution in [3.05, 3.63) is 45.7 Å². The van der Waals surface area contributed by atoms with E-state index in [4.69, 9.17) is 11.6 Å². The largest absolute Gasteiger partial charge is 0.378 e. The second-order valence-electron chi connectivity index (χ2n) is 4.19. The van der Waals surface area contributed by atoms with Gasteiger partial charge in [-0.2, -0.15) is 5.10 Å². The van der Waals surface area contributed by atoms with Gasteiger partial charge in [-0.3, -0.25) is 9.48 Å². The number of anilines is 1. The Morgan fingerprint density at radius 2 is 2.30 bits per heavy atom. The molecule has 2 aromatic rings. The second-order valence-corrected chi connectivity index (χ2v) is 5.48. The zero-order valence-corrected chi connectivity index (χ0v) is 13.2. The predicted octanol–water partition coefficient (Wildman–Crippen LogP) is 2.66. The van der Waals surface area contributed by atoms with E-state index in [1.54, 1.807) is 24.1 Å². The van der Waals surface area contributed by atoms with E-state index in [9.17, 15) is 4.79 Å². The van der Waals surface area contributed by atoms with Gasteiger partial charge in [-0.1, -0.05) is 33.6 Å². The Morgan fingerprint density at radius 3 is 3.00 bits per heavy atom. The van der Waals surface area contributed by atoms with E-state index in [1.807, 2.05) is 18.2 Å². The third-order valence-electron chi connectivity index (χ3n) is 2.72. The van der Waals surface area contributed by atoms with Crippen LogP contribution < -0.4 is 10.6 Å². The van der Waals surface area contributed by atoms with Crippen molar-refractivity contribution < 1.29 is 4.79 Å². The topological polar surface area (TPSA) is 59.0 Å². The van der Waals surface area contributed by atoms with Gasteiger partial charge >= 0.3 is 0 Å². The summed E-state index contributed by atoms with van der Waals surface area (Å²) in [4.78, 5) is 11.2. The highest BCUT2D eigenvalue weighted by molar-refractivity contribution is 9.10. The first-order valence-electron chi connectivity index (χ1n) is 5.99. The predicted molar refractivity (Wildman–Crippen MR) is 82.8 cm³/mol. The summed E-state index contributed by atoms with van der Waals surface area (Å²) >= 11 is 9.37. The number of benzene rings is 1. The first-order valence-corrected chi connectivity index (χ1v) is 7.16. The minimum absolute atomic E-state index is 0.0832. The number of amides is 1. The molecule has 0 spiro atoms. The van der Waals surface area contributed by atoms with Gasteiger partial charge in [0.1, 0.15) is 6.54 Å². The molecule has 0 saturated carbocycles. The average Bonchev–Trinajstić information content (AvgIpc) is 2.85. The number of rotatable bonds is 5. The van der Waals surface area contributed by atoms with Gasteiger partial charge in [0.15, 0.2) is 0 Å². The second kappa shape index (κ2) is 6.76. The van der Waals surface area contributed by atoms with E-state index < -0.39 is 0 Å². The van der Waals surface area contributed by atoms with E-state index in [0.29, 0.717) is 11.6 Å². The van der Waals surface area contributed by atoms with E-state index in [2.05, 4.69) is 31.7 Å². The first kappa shape index (κ1) is 14.9. The number of nitrogens with zero attached hydrogens (tertiary/aromatic N) is 2. The van der Waals surface area contributed by atoms with Crippen molar-refractivity contribution in [2.75, 3.05) is 12.4 Å². The van der Waals surface area contributed by atoms with Crippen LogP contribution >= 0.6 is 27.5 Å². The van der Waals surface area contributed by atoms with E-state index >= 15 is 0 Å². The number of nitrogens with one attached hydrogen (secondary N) is 2. The Kier molecular flexibility index (Phi) is 5.03. The van der Waals surface area contributed by atoms with Crippen LogP contribution in [0.4, 0.5) is 5.69 Å². The van der Waals surface area contributed by atoms with Crippen LogP contribution in [0.3, 0.4) is 0 Å². The number of hydrogen-bond acceptors (Lipinski definition) is 3. The summed E-state index contributed by atoms with van der Waals surface area (Å²) in [5, 5.41) is 10.6. The Labute approximate surface area is 130 Å². The van der Waals surface area contributed by atoms with Crippen LogP contribution in [0, 0.1) is 0 Å². The van der Waals surface area contributed by atoms with Gasteiger partial charge in [-0.15, -0.1) is 0 Å². The number of hydrogen-bond donors (Lipinski definition) is 2. The summed E-state index contributed by atoms with van der Waals surface area (Å²) in [6, 6.07) is 5.65. The normalized spacial score (nSPS) is 10.3. The molecule has 0 aliphatic heterocycles. The number of carbonyl (C=O) groups excluding carboxylic acids is 1. The molecule has 0 saturated heterocycles. The molecule has 0 fully saturated rings. The monoisotopic (exact) mass is 356 g/mol. The van der Waals surface area contributed by atoms with Crippen molar-refractivity contribution in [3.8, 4) is 0 Å². The number of likely N-dealkylation sites (N-methyl/N-ethyl adjacent to an activating group) is 1. The minimum Gasteiger partial charge on any atom is -0.378 e. The van der Waals surface area contributed by atoms with Gasteiger partial charge in [-0.05, 0) is 17.7 Å². The number of carbonyl (C=O) groups is 1. The summed E-state index contributed by atoms with van der Waals surface area (Å²) in [6.45, 7) is 0.853. The third kappa shape index (κ3) is 3.98. The van der Waals surface area contributed by atoms with Crippen molar-refractivity contribution in [3.63, 3.8) is 0 Å². The molecule has 106 valence electrons. The maximum Gasteiger partial charge on any atom is 0.241 e. The molecule has 1 aromatic heterocycles. The lowest BCUT2D eigenvalue weighted by atomic mass is 10.2. The van der Waals surface area contributed by atoms with Crippen LogP contribution in [-0.2, 0) is 17.9 Å². The molecule has 0 unspecified atom stereocenters. The Balaban J connectivity index is 1.95. The third-order valence-corrected chi connectivity index (χ3v) is 3.69. The number of aromatic nitrogens is 2. The fraction of sp³-hybridized carbons (Fsp3) is 0.231. The average molecular weight is 358 g/mol. The van der Waals surface area contributed by atoms with Crippen molar-refractivity contribution >= 4 is 39.1 Å². The summed E-state index contributed by atoms with van der Waals surface area (Å²) in [5.41, 5.74) is 1.95. The molecule has 7 heteroatoms. The van der Waals surface area contributed by atoms with Crippen molar-refractivity contribution in [1.82, 2.24) is 15.1 Å². The maximum absolute atomic E-state index is 11.2. The quantitative estimate of drug-likeness (QED) is 0.865.